The SMILES string of the molecule is CC[C@H](C)[C@H]1CSC(=Nc2ccc([N+](=O)[O-])cc2C)N1CC(C)C.Cl. The minimum Gasteiger partial charge on any atom is -0.347 e. The Bertz CT molecular complexity index is 637. The zero-order valence-electron chi connectivity index (χ0n) is 15.6. The van der Waals surface area contributed by atoms with Gasteiger partial charge >= 0.3 is 0 Å². The van der Waals surface area contributed by atoms with Crippen LogP contribution in [0.2, 0.25) is 0 Å². The zero-order valence-corrected chi connectivity index (χ0v) is 17.2. The number of nitrogens with zero attached hydrogens (tertiary/aromatic N) is 3. The van der Waals surface area contributed by atoms with Crippen molar-refractivity contribution >= 4 is 40.7 Å². The maximum Gasteiger partial charge on any atom is 0.269 e. The normalized spacial score (nSPS) is 20.0. The average Bonchev–Trinajstić information content (AvgIpc) is 2.90. The Kier molecular flexibility index (Phi) is 8.22. The molecule has 1 heterocycles. The number of aryl methyl sites for hydroxylation is 1. The van der Waals surface area contributed by atoms with Crippen LogP contribution in [0.5, 0.6) is 0 Å². The molecule has 25 heavy (non-hydrogen) atoms. The largest absolute Gasteiger partial charge is 0.347 e. The van der Waals surface area contributed by atoms with E-state index in [0.29, 0.717) is 17.9 Å². The van der Waals surface area contributed by atoms with Crippen LogP contribution in [0.1, 0.15) is 39.7 Å². The Labute approximate surface area is 160 Å². The molecule has 1 aromatic rings. The third-order valence-corrected chi connectivity index (χ3v) is 5.59. The standard InChI is InChI=1S/C18H27N3O2S.ClH/c1-6-13(4)17-11-24-18(20(17)10-12(2)3)19-16-8-7-15(21(22)23)9-14(16)5;/h7-9,12-13,17H,6,10-11H2,1-5H3;1H/t13-,17+;/m0./s1. The van der Waals surface area contributed by atoms with Gasteiger partial charge in [0.25, 0.3) is 5.69 Å². The van der Waals surface area contributed by atoms with Gasteiger partial charge in [-0.25, -0.2) is 4.99 Å². The molecule has 1 aromatic carbocycles. The fourth-order valence-corrected chi connectivity index (χ4v) is 4.27. The van der Waals surface area contributed by atoms with Crippen LogP contribution in [0.25, 0.3) is 0 Å². The van der Waals surface area contributed by atoms with Gasteiger partial charge in [-0.3, -0.25) is 10.1 Å². The number of thioether (sulfide) groups is 1. The topological polar surface area (TPSA) is 58.7 Å². The third-order valence-electron chi connectivity index (χ3n) is 4.50. The van der Waals surface area contributed by atoms with Gasteiger partial charge in [-0.1, -0.05) is 45.9 Å². The van der Waals surface area contributed by atoms with Gasteiger partial charge < -0.3 is 4.90 Å². The van der Waals surface area contributed by atoms with E-state index in [-0.39, 0.29) is 23.0 Å². The first-order chi connectivity index (χ1) is 11.3. The molecule has 0 N–H and O–H groups in total. The van der Waals surface area contributed by atoms with E-state index in [0.717, 1.165) is 35.1 Å². The highest BCUT2D eigenvalue weighted by Crippen LogP contribution is 2.34. The first kappa shape index (κ1) is 21.8. The second kappa shape index (κ2) is 9.43. The molecule has 0 amide bonds. The maximum absolute atomic E-state index is 10.9. The smallest absolute Gasteiger partial charge is 0.269 e. The molecule has 1 fully saturated rings. The van der Waals surface area contributed by atoms with Gasteiger partial charge in [0.15, 0.2) is 5.17 Å². The molecule has 1 saturated heterocycles. The molecule has 0 unspecified atom stereocenters. The van der Waals surface area contributed by atoms with E-state index in [9.17, 15) is 10.1 Å². The number of non-ortho nitro benzene ring substituents is 1. The summed E-state index contributed by atoms with van der Waals surface area (Å²) in [6.07, 6.45) is 1.16. The number of hydrogen-bond acceptors (Lipinski definition) is 4. The van der Waals surface area contributed by atoms with Gasteiger partial charge in [0.05, 0.1) is 10.6 Å². The Morgan fingerprint density at radius 1 is 1.40 bits per heavy atom. The molecule has 2 atom stereocenters. The fourth-order valence-electron chi connectivity index (χ4n) is 2.90. The minimum absolute atomic E-state index is 0. The Balaban J connectivity index is 0.00000312. The van der Waals surface area contributed by atoms with E-state index >= 15 is 0 Å². The number of halogens is 1. The van der Waals surface area contributed by atoms with Crippen LogP contribution in [0.3, 0.4) is 0 Å². The first-order valence-electron chi connectivity index (χ1n) is 8.56. The van der Waals surface area contributed by atoms with E-state index < -0.39 is 0 Å². The van der Waals surface area contributed by atoms with Crippen LogP contribution in [0.4, 0.5) is 11.4 Å². The monoisotopic (exact) mass is 385 g/mol. The summed E-state index contributed by atoms with van der Waals surface area (Å²) >= 11 is 1.80. The van der Waals surface area contributed by atoms with Crippen molar-refractivity contribution in [2.75, 3.05) is 12.3 Å². The van der Waals surface area contributed by atoms with E-state index in [2.05, 4.69) is 32.6 Å². The van der Waals surface area contributed by atoms with E-state index in [4.69, 9.17) is 4.99 Å². The molecule has 2 rings (SSSR count). The van der Waals surface area contributed by atoms with E-state index in [1.165, 1.54) is 6.07 Å². The van der Waals surface area contributed by atoms with Crippen molar-refractivity contribution in [3.8, 4) is 0 Å². The highest BCUT2D eigenvalue weighted by atomic mass is 35.5. The van der Waals surface area contributed by atoms with Gasteiger partial charge in [-0.2, -0.15) is 0 Å². The lowest BCUT2D eigenvalue weighted by Crippen LogP contribution is -2.40. The predicted molar refractivity (Wildman–Crippen MR) is 109 cm³/mol. The molecular formula is C18H28ClN3O2S. The van der Waals surface area contributed by atoms with Gasteiger partial charge in [-0.05, 0) is 30.4 Å². The van der Waals surface area contributed by atoms with Crippen LogP contribution < -0.4 is 0 Å². The van der Waals surface area contributed by atoms with Crippen LogP contribution in [-0.2, 0) is 0 Å². The van der Waals surface area contributed by atoms with Gasteiger partial charge in [0.2, 0.25) is 0 Å². The number of amidine groups is 1. The van der Waals surface area contributed by atoms with Crippen LogP contribution in [0.15, 0.2) is 23.2 Å². The summed E-state index contributed by atoms with van der Waals surface area (Å²) in [4.78, 5) is 17.8. The highest BCUT2D eigenvalue weighted by Gasteiger charge is 2.33. The van der Waals surface area contributed by atoms with Crippen LogP contribution in [0, 0.1) is 28.9 Å². The Hall–Kier alpha value is -1.27. The summed E-state index contributed by atoms with van der Waals surface area (Å²) in [7, 11) is 0. The number of aliphatic imine (C=N–C) groups is 1. The molecule has 0 radical (unpaired) electrons. The highest BCUT2D eigenvalue weighted by molar-refractivity contribution is 8.14. The lowest BCUT2D eigenvalue weighted by molar-refractivity contribution is -0.384. The van der Waals surface area contributed by atoms with Crippen LogP contribution >= 0.6 is 24.2 Å². The summed E-state index contributed by atoms with van der Waals surface area (Å²) in [6, 6.07) is 5.40. The molecule has 0 bridgehead atoms. The molecule has 7 heteroatoms. The Morgan fingerprint density at radius 3 is 2.60 bits per heavy atom. The number of hydrogen-bond donors (Lipinski definition) is 0. The van der Waals surface area contributed by atoms with Crippen molar-refractivity contribution in [2.24, 2.45) is 16.8 Å². The number of rotatable bonds is 6. The molecule has 0 spiro atoms. The predicted octanol–water partition coefficient (Wildman–Crippen LogP) is 5.43. The minimum atomic E-state index is -0.363. The molecule has 5 nitrogen and oxygen atoms in total. The first-order valence-corrected chi connectivity index (χ1v) is 9.55. The molecule has 0 aliphatic carbocycles. The molecule has 1 aliphatic heterocycles. The molecular weight excluding hydrogens is 358 g/mol. The third kappa shape index (κ3) is 5.35. The Morgan fingerprint density at radius 2 is 2.08 bits per heavy atom. The van der Waals surface area contributed by atoms with Crippen molar-refractivity contribution in [2.45, 2.75) is 47.1 Å². The number of benzene rings is 1. The van der Waals surface area contributed by atoms with E-state index in [1.54, 1.807) is 23.9 Å². The van der Waals surface area contributed by atoms with Crippen molar-refractivity contribution in [3.63, 3.8) is 0 Å². The van der Waals surface area contributed by atoms with Crippen molar-refractivity contribution in [1.82, 2.24) is 4.90 Å². The molecule has 0 aromatic heterocycles. The van der Waals surface area contributed by atoms with E-state index in [1.807, 2.05) is 6.92 Å². The molecule has 140 valence electrons. The van der Waals surface area contributed by atoms with Gasteiger partial charge in [-0.15, -0.1) is 12.4 Å². The maximum atomic E-state index is 10.9. The summed E-state index contributed by atoms with van der Waals surface area (Å²) < 4.78 is 0. The van der Waals surface area contributed by atoms with Crippen molar-refractivity contribution in [1.29, 1.82) is 0 Å². The number of nitro benzene ring substituents is 1. The second-order valence-electron chi connectivity index (χ2n) is 6.93. The van der Waals surface area contributed by atoms with Gasteiger partial charge in [0.1, 0.15) is 0 Å². The summed E-state index contributed by atoms with van der Waals surface area (Å²) in [6.45, 7) is 11.9. The lowest BCUT2D eigenvalue weighted by Gasteiger charge is -2.31. The summed E-state index contributed by atoms with van der Waals surface area (Å²) in [5.41, 5.74) is 1.78. The summed E-state index contributed by atoms with van der Waals surface area (Å²) in [5.74, 6) is 2.26. The van der Waals surface area contributed by atoms with Crippen molar-refractivity contribution < 1.29 is 4.92 Å². The molecule has 0 saturated carbocycles. The fraction of sp³-hybridized carbons (Fsp3) is 0.611. The molecule has 1 aliphatic rings. The zero-order chi connectivity index (χ0) is 17.9. The summed E-state index contributed by atoms with van der Waals surface area (Å²) in [5, 5.41) is 11.9. The quantitative estimate of drug-likeness (QED) is 0.483. The van der Waals surface area contributed by atoms with Gasteiger partial charge in [0, 0.05) is 30.5 Å². The van der Waals surface area contributed by atoms with Crippen LogP contribution in [-0.4, -0.2) is 33.3 Å². The average molecular weight is 386 g/mol. The number of nitro groups is 1. The lowest BCUT2D eigenvalue weighted by atomic mass is 9.99. The second-order valence-corrected chi connectivity index (χ2v) is 7.92. The van der Waals surface area contributed by atoms with Crippen molar-refractivity contribution in [3.05, 3.63) is 33.9 Å².